The zero-order valence-electron chi connectivity index (χ0n) is 10.4. The molecule has 0 aromatic heterocycles. The molecule has 19 heavy (non-hydrogen) atoms. The van der Waals surface area contributed by atoms with Gasteiger partial charge >= 0.3 is 0 Å². The van der Waals surface area contributed by atoms with Gasteiger partial charge in [0.25, 0.3) is 5.69 Å². The van der Waals surface area contributed by atoms with E-state index in [4.69, 9.17) is 9.84 Å². The number of nitro groups is 1. The van der Waals surface area contributed by atoms with Crippen LogP contribution in [0.5, 0.6) is 0 Å². The summed E-state index contributed by atoms with van der Waals surface area (Å²) in [6, 6.07) is 5.64. The molecule has 1 aliphatic heterocycles. The summed E-state index contributed by atoms with van der Waals surface area (Å²) in [6.07, 6.45) is 0. The van der Waals surface area contributed by atoms with Gasteiger partial charge in [0.2, 0.25) is 5.79 Å². The van der Waals surface area contributed by atoms with Crippen LogP contribution in [0, 0.1) is 10.1 Å². The van der Waals surface area contributed by atoms with Gasteiger partial charge in [-0.15, -0.1) is 0 Å². The Bertz CT molecular complexity index is 448. The lowest BCUT2D eigenvalue weighted by Gasteiger charge is -2.39. The number of non-ortho nitro benzene ring substituents is 1. The van der Waals surface area contributed by atoms with E-state index >= 15 is 0 Å². The van der Waals surface area contributed by atoms with Gasteiger partial charge in [-0.25, -0.2) is 0 Å². The second-order valence-corrected chi connectivity index (χ2v) is 4.44. The van der Waals surface area contributed by atoms with E-state index in [1.807, 2.05) is 4.90 Å². The molecule has 0 aliphatic carbocycles. The average Bonchev–Trinajstić information content (AvgIpc) is 2.39. The van der Waals surface area contributed by atoms with Crippen molar-refractivity contribution in [1.82, 2.24) is 4.90 Å². The zero-order valence-corrected chi connectivity index (χ0v) is 10.4. The van der Waals surface area contributed by atoms with Crippen molar-refractivity contribution in [2.45, 2.75) is 5.79 Å². The summed E-state index contributed by atoms with van der Waals surface area (Å²) in [7, 11) is 0. The Kier molecular flexibility index (Phi) is 4.11. The van der Waals surface area contributed by atoms with Gasteiger partial charge in [0.05, 0.1) is 24.7 Å². The number of hydrogen-bond acceptors (Lipinski definition) is 6. The lowest BCUT2D eigenvalue weighted by atomic mass is 10.0. The first-order chi connectivity index (χ1) is 9.05. The number of rotatable bonds is 4. The van der Waals surface area contributed by atoms with Gasteiger partial charge in [0.15, 0.2) is 0 Å². The molecular weight excluding hydrogens is 252 g/mol. The number of aliphatic hydroxyl groups is 2. The maximum Gasteiger partial charge on any atom is 0.269 e. The summed E-state index contributed by atoms with van der Waals surface area (Å²) in [5, 5.41) is 30.0. The highest BCUT2D eigenvalue weighted by atomic mass is 16.6. The van der Waals surface area contributed by atoms with Crippen molar-refractivity contribution in [2.75, 3.05) is 32.8 Å². The van der Waals surface area contributed by atoms with Crippen LogP contribution in [-0.4, -0.2) is 52.9 Å². The quantitative estimate of drug-likeness (QED) is 0.592. The van der Waals surface area contributed by atoms with Gasteiger partial charge < -0.3 is 14.9 Å². The van der Waals surface area contributed by atoms with Crippen molar-refractivity contribution < 1.29 is 19.9 Å². The molecule has 0 bridgehead atoms. The highest BCUT2D eigenvalue weighted by Crippen LogP contribution is 2.28. The number of aliphatic hydroxyl groups excluding tert-OH is 1. The first-order valence-electron chi connectivity index (χ1n) is 5.99. The van der Waals surface area contributed by atoms with E-state index in [9.17, 15) is 15.2 Å². The van der Waals surface area contributed by atoms with Gasteiger partial charge in [0, 0.05) is 30.8 Å². The number of nitro benzene ring substituents is 1. The highest BCUT2D eigenvalue weighted by Gasteiger charge is 2.36. The van der Waals surface area contributed by atoms with Crippen LogP contribution >= 0.6 is 0 Å². The normalized spacial score (nSPS) is 24.3. The third-order valence-corrected chi connectivity index (χ3v) is 3.13. The van der Waals surface area contributed by atoms with E-state index in [2.05, 4.69) is 0 Å². The smallest absolute Gasteiger partial charge is 0.269 e. The second-order valence-electron chi connectivity index (χ2n) is 4.44. The average molecular weight is 268 g/mol. The zero-order chi connectivity index (χ0) is 13.9. The molecule has 0 radical (unpaired) electrons. The molecule has 2 rings (SSSR count). The maximum absolute atomic E-state index is 10.6. The number of hydrogen-bond donors (Lipinski definition) is 2. The molecule has 0 saturated carbocycles. The standard InChI is InChI=1S/C12H16N2O5/c15-7-5-13-6-8-19-12(16,9-13)10-1-3-11(4-2-10)14(17)18/h1-4,15-16H,5-9H2. The number of β-amino-alcohol motifs (C(OH)–C–C–N with tert-alkyl or cyclic N) is 2. The molecule has 1 aliphatic rings. The van der Waals surface area contributed by atoms with Gasteiger partial charge in [-0.2, -0.15) is 0 Å². The molecule has 7 heteroatoms. The summed E-state index contributed by atoms with van der Waals surface area (Å²) >= 11 is 0. The van der Waals surface area contributed by atoms with E-state index in [1.165, 1.54) is 24.3 Å². The molecule has 1 aromatic rings. The fourth-order valence-electron chi connectivity index (χ4n) is 2.12. The molecule has 1 heterocycles. The third kappa shape index (κ3) is 3.07. The summed E-state index contributed by atoms with van der Waals surface area (Å²) in [5.74, 6) is -1.48. The molecule has 2 N–H and O–H groups in total. The molecule has 1 fully saturated rings. The second kappa shape index (κ2) is 5.62. The van der Waals surface area contributed by atoms with Crippen LogP contribution in [0.25, 0.3) is 0 Å². The van der Waals surface area contributed by atoms with Crippen LogP contribution in [0.2, 0.25) is 0 Å². The summed E-state index contributed by atoms with van der Waals surface area (Å²) < 4.78 is 5.39. The lowest BCUT2D eigenvalue weighted by Crippen LogP contribution is -2.50. The van der Waals surface area contributed by atoms with E-state index < -0.39 is 10.7 Å². The van der Waals surface area contributed by atoms with Crippen molar-refractivity contribution in [1.29, 1.82) is 0 Å². The van der Waals surface area contributed by atoms with Gasteiger partial charge in [-0.3, -0.25) is 15.0 Å². The monoisotopic (exact) mass is 268 g/mol. The summed E-state index contributed by atoms with van der Waals surface area (Å²) in [5.41, 5.74) is 0.441. The number of nitrogens with zero attached hydrogens (tertiary/aromatic N) is 2. The van der Waals surface area contributed by atoms with E-state index in [0.29, 0.717) is 25.3 Å². The summed E-state index contributed by atoms with van der Waals surface area (Å²) in [4.78, 5) is 12.0. The first kappa shape index (κ1) is 13.9. The van der Waals surface area contributed by atoms with Crippen LogP contribution < -0.4 is 0 Å². The highest BCUT2D eigenvalue weighted by molar-refractivity contribution is 5.35. The molecule has 1 atom stereocenters. The number of ether oxygens (including phenoxy) is 1. The van der Waals surface area contributed by atoms with Crippen LogP contribution in [-0.2, 0) is 10.5 Å². The van der Waals surface area contributed by atoms with E-state index in [-0.39, 0.29) is 18.8 Å². The Balaban J connectivity index is 2.16. The van der Waals surface area contributed by atoms with Crippen LogP contribution in [0.4, 0.5) is 5.69 Å². The fraction of sp³-hybridized carbons (Fsp3) is 0.500. The van der Waals surface area contributed by atoms with E-state index in [0.717, 1.165) is 0 Å². The molecular formula is C12H16N2O5. The predicted molar refractivity (Wildman–Crippen MR) is 66.5 cm³/mol. The minimum atomic E-state index is -1.48. The Morgan fingerprint density at radius 1 is 1.42 bits per heavy atom. The Hall–Kier alpha value is -1.54. The Morgan fingerprint density at radius 3 is 2.68 bits per heavy atom. The van der Waals surface area contributed by atoms with Crippen LogP contribution in [0.3, 0.4) is 0 Å². The van der Waals surface area contributed by atoms with Crippen LogP contribution in [0.1, 0.15) is 5.56 Å². The SMILES string of the molecule is O=[N+]([O-])c1ccc(C2(O)CN(CCO)CCO2)cc1. The van der Waals surface area contributed by atoms with Gasteiger partial charge in [0.1, 0.15) is 0 Å². The summed E-state index contributed by atoms with van der Waals surface area (Å²) in [6.45, 7) is 1.67. The Morgan fingerprint density at radius 2 is 2.11 bits per heavy atom. The fourth-order valence-corrected chi connectivity index (χ4v) is 2.12. The third-order valence-electron chi connectivity index (χ3n) is 3.13. The maximum atomic E-state index is 10.6. The molecule has 7 nitrogen and oxygen atoms in total. The molecule has 104 valence electrons. The van der Waals surface area contributed by atoms with Gasteiger partial charge in [-0.05, 0) is 12.1 Å². The molecule has 0 spiro atoms. The van der Waals surface area contributed by atoms with Crippen molar-refractivity contribution in [2.24, 2.45) is 0 Å². The Labute approximate surface area is 110 Å². The molecule has 0 amide bonds. The molecule has 1 unspecified atom stereocenters. The van der Waals surface area contributed by atoms with Gasteiger partial charge in [-0.1, -0.05) is 0 Å². The van der Waals surface area contributed by atoms with Crippen LogP contribution in [0.15, 0.2) is 24.3 Å². The molecule has 1 saturated heterocycles. The predicted octanol–water partition coefficient (Wildman–Crippen LogP) is 0.0644. The van der Waals surface area contributed by atoms with Crippen molar-refractivity contribution in [3.05, 3.63) is 39.9 Å². The molecule has 1 aromatic carbocycles. The topological polar surface area (TPSA) is 96.1 Å². The minimum Gasteiger partial charge on any atom is -0.395 e. The van der Waals surface area contributed by atoms with Crippen molar-refractivity contribution in [3.63, 3.8) is 0 Å². The lowest BCUT2D eigenvalue weighted by molar-refractivity contribution is -0.384. The largest absolute Gasteiger partial charge is 0.395 e. The van der Waals surface area contributed by atoms with Crippen molar-refractivity contribution in [3.8, 4) is 0 Å². The number of benzene rings is 1. The van der Waals surface area contributed by atoms with E-state index in [1.54, 1.807) is 0 Å². The first-order valence-corrected chi connectivity index (χ1v) is 5.99. The van der Waals surface area contributed by atoms with Crippen molar-refractivity contribution >= 4 is 5.69 Å². The minimum absolute atomic E-state index is 0.0103. The number of morpholine rings is 1.